The van der Waals surface area contributed by atoms with Gasteiger partial charge in [-0.1, -0.05) is 24.3 Å². The fourth-order valence-corrected chi connectivity index (χ4v) is 2.59. The van der Waals surface area contributed by atoms with E-state index in [1.165, 1.54) is 18.2 Å². The molecule has 23 heavy (non-hydrogen) atoms. The van der Waals surface area contributed by atoms with E-state index in [1.807, 2.05) is 0 Å². The SMILES string of the molecule is OC(CCl)(Cc1ccccc1C(F)(F)F)c1ccc(F)cc1F. The molecule has 0 aliphatic rings. The molecule has 0 aliphatic carbocycles. The summed E-state index contributed by atoms with van der Waals surface area (Å²) in [6, 6.07) is 7.06. The first kappa shape index (κ1) is 17.7. The Hall–Kier alpha value is -1.66. The molecule has 0 spiro atoms. The molecule has 0 aromatic heterocycles. The lowest BCUT2D eigenvalue weighted by molar-refractivity contribution is -0.138. The van der Waals surface area contributed by atoms with Crippen molar-refractivity contribution in [2.75, 3.05) is 5.88 Å². The third-order valence-corrected chi connectivity index (χ3v) is 3.90. The molecule has 0 heterocycles. The van der Waals surface area contributed by atoms with Crippen LogP contribution in [0.1, 0.15) is 16.7 Å². The molecule has 124 valence electrons. The Balaban J connectivity index is 2.47. The van der Waals surface area contributed by atoms with Crippen molar-refractivity contribution >= 4 is 11.6 Å². The molecule has 2 aromatic carbocycles. The smallest absolute Gasteiger partial charge is 0.383 e. The maximum Gasteiger partial charge on any atom is 0.416 e. The molecular weight excluding hydrogens is 339 g/mol. The van der Waals surface area contributed by atoms with Crippen LogP contribution < -0.4 is 0 Å². The Morgan fingerprint density at radius 1 is 0.957 bits per heavy atom. The second-order valence-electron chi connectivity index (χ2n) is 5.12. The van der Waals surface area contributed by atoms with Crippen LogP contribution in [0.2, 0.25) is 0 Å². The van der Waals surface area contributed by atoms with Crippen molar-refractivity contribution in [1.29, 1.82) is 0 Å². The van der Waals surface area contributed by atoms with E-state index < -0.39 is 41.3 Å². The van der Waals surface area contributed by atoms with Crippen LogP contribution in [0.25, 0.3) is 0 Å². The van der Waals surface area contributed by atoms with E-state index in [1.54, 1.807) is 0 Å². The van der Waals surface area contributed by atoms with Gasteiger partial charge in [0, 0.05) is 18.1 Å². The molecule has 2 rings (SSSR count). The lowest BCUT2D eigenvalue weighted by atomic mass is 9.86. The molecule has 0 bridgehead atoms. The minimum atomic E-state index is -4.62. The van der Waals surface area contributed by atoms with E-state index in [0.717, 1.165) is 18.2 Å². The van der Waals surface area contributed by atoms with E-state index in [-0.39, 0.29) is 11.1 Å². The Bertz CT molecular complexity index is 701. The number of hydrogen-bond acceptors (Lipinski definition) is 1. The van der Waals surface area contributed by atoms with Crippen molar-refractivity contribution in [2.24, 2.45) is 0 Å². The maximum atomic E-state index is 13.9. The molecular formula is C16H12ClF5O. The zero-order valence-corrected chi connectivity index (χ0v) is 12.4. The summed E-state index contributed by atoms with van der Waals surface area (Å²) >= 11 is 5.68. The summed E-state index contributed by atoms with van der Waals surface area (Å²) in [6.45, 7) is 0. The minimum absolute atomic E-state index is 0.230. The van der Waals surface area contributed by atoms with Gasteiger partial charge in [0.05, 0.1) is 11.4 Å². The Labute approximate surface area is 134 Å². The van der Waals surface area contributed by atoms with Crippen molar-refractivity contribution in [3.05, 3.63) is 70.8 Å². The molecule has 0 aliphatic heterocycles. The topological polar surface area (TPSA) is 20.2 Å². The second-order valence-corrected chi connectivity index (χ2v) is 5.39. The highest BCUT2D eigenvalue weighted by Gasteiger charge is 2.37. The van der Waals surface area contributed by atoms with Gasteiger partial charge < -0.3 is 5.11 Å². The summed E-state index contributed by atoms with van der Waals surface area (Å²) in [5, 5.41) is 10.5. The van der Waals surface area contributed by atoms with Gasteiger partial charge in [-0.15, -0.1) is 11.6 Å². The van der Waals surface area contributed by atoms with Crippen LogP contribution in [-0.2, 0) is 18.2 Å². The van der Waals surface area contributed by atoms with Gasteiger partial charge in [0.1, 0.15) is 17.2 Å². The van der Waals surface area contributed by atoms with E-state index in [9.17, 15) is 27.1 Å². The van der Waals surface area contributed by atoms with Gasteiger partial charge in [0.15, 0.2) is 0 Å². The predicted molar refractivity (Wildman–Crippen MR) is 76.1 cm³/mol. The summed E-state index contributed by atoms with van der Waals surface area (Å²) in [6.07, 6.45) is -5.18. The third kappa shape index (κ3) is 3.82. The van der Waals surface area contributed by atoms with Gasteiger partial charge in [0.25, 0.3) is 0 Å². The van der Waals surface area contributed by atoms with Crippen LogP contribution in [0, 0.1) is 11.6 Å². The van der Waals surface area contributed by atoms with Crippen molar-refractivity contribution in [1.82, 2.24) is 0 Å². The predicted octanol–water partition coefficient (Wildman–Crippen LogP) is 4.65. The molecule has 1 nitrogen and oxygen atoms in total. The quantitative estimate of drug-likeness (QED) is 0.628. The summed E-state index contributed by atoms with van der Waals surface area (Å²) in [4.78, 5) is 0. The molecule has 1 unspecified atom stereocenters. The first-order valence-corrected chi connectivity index (χ1v) is 7.10. The van der Waals surface area contributed by atoms with E-state index in [4.69, 9.17) is 11.6 Å². The third-order valence-electron chi connectivity index (χ3n) is 3.46. The van der Waals surface area contributed by atoms with Gasteiger partial charge in [0.2, 0.25) is 0 Å². The van der Waals surface area contributed by atoms with Gasteiger partial charge in [-0.2, -0.15) is 13.2 Å². The van der Waals surface area contributed by atoms with Gasteiger partial charge in [-0.05, 0) is 17.7 Å². The van der Waals surface area contributed by atoms with Crippen molar-refractivity contribution in [3.8, 4) is 0 Å². The van der Waals surface area contributed by atoms with Gasteiger partial charge >= 0.3 is 6.18 Å². The molecule has 7 heteroatoms. The Morgan fingerprint density at radius 3 is 2.17 bits per heavy atom. The van der Waals surface area contributed by atoms with Crippen molar-refractivity contribution in [3.63, 3.8) is 0 Å². The van der Waals surface area contributed by atoms with Crippen LogP contribution in [0.4, 0.5) is 22.0 Å². The number of hydrogen-bond donors (Lipinski definition) is 1. The molecule has 1 atom stereocenters. The lowest BCUT2D eigenvalue weighted by Crippen LogP contribution is -2.33. The molecule has 2 aromatic rings. The van der Waals surface area contributed by atoms with Crippen LogP contribution in [-0.4, -0.2) is 11.0 Å². The zero-order chi connectivity index (χ0) is 17.3. The van der Waals surface area contributed by atoms with Crippen molar-refractivity contribution < 1.29 is 27.1 Å². The Kier molecular flexibility index (Phi) is 4.96. The first-order valence-electron chi connectivity index (χ1n) is 6.56. The van der Waals surface area contributed by atoms with Crippen LogP contribution in [0.3, 0.4) is 0 Å². The van der Waals surface area contributed by atoms with Crippen LogP contribution in [0.15, 0.2) is 42.5 Å². The number of benzene rings is 2. The largest absolute Gasteiger partial charge is 0.416 e. The standard InChI is InChI=1S/C16H12ClF5O/c17-9-15(23,13-6-5-11(18)7-14(13)19)8-10-3-1-2-4-12(10)16(20,21)22/h1-7,23H,8-9H2. The van der Waals surface area contributed by atoms with Gasteiger partial charge in [-0.3, -0.25) is 0 Å². The molecule has 0 fully saturated rings. The summed E-state index contributed by atoms with van der Waals surface area (Å²) < 4.78 is 65.9. The normalized spacial score (nSPS) is 14.6. The highest BCUT2D eigenvalue weighted by Crippen LogP contribution is 2.36. The highest BCUT2D eigenvalue weighted by atomic mass is 35.5. The second kappa shape index (κ2) is 6.45. The van der Waals surface area contributed by atoms with Crippen molar-refractivity contribution in [2.45, 2.75) is 18.2 Å². The summed E-state index contributed by atoms with van der Waals surface area (Å²) in [7, 11) is 0. The monoisotopic (exact) mass is 350 g/mol. The summed E-state index contributed by atoms with van der Waals surface area (Å²) in [5.41, 5.74) is -3.62. The van der Waals surface area contributed by atoms with Crippen LogP contribution in [0.5, 0.6) is 0 Å². The van der Waals surface area contributed by atoms with E-state index >= 15 is 0 Å². The minimum Gasteiger partial charge on any atom is -0.383 e. The Morgan fingerprint density at radius 2 is 1.61 bits per heavy atom. The fourth-order valence-electron chi connectivity index (χ4n) is 2.35. The average Bonchev–Trinajstić information content (AvgIpc) is 2.46. The number of aliphatic hydroxyl groups is 1. The zero-order valence-electron chi connectivity index (χ0n) is 11.7. The molecule has 0 saturated carbocycles. The number of alkyl halides is 4. The number of halogens is 6. The highest BCUT2D eigenvalue weighted by molar-refractivity contribution is 6.18. The molecule has 0 radical (unpaired) electrons. The molecule has 0 saturated heterocycles. The van der Waals surface area contributed by atoms with Crippen LogP contribution >= 0.6 is 11.6 Å². The van der Waals surface area contributed by atoms with Gasteiger partial charge in [-0.25, -0.2) is 8.78 Å². The fraction of sp³-hybridized carbons (Fsp3) is 0.250. The molecule has 1 N–H and O–H groups in total. The maximum absolute atomic E-state index is 13.9. The first-order chi connectivity index (χ1) is 10.7. The average molecular weight is 351 g/mol. The van der Waals surface area contributed by atoms with E-state index in [2.05, 4.69) is 0 Å². The van der Waals surface area contributed by atoms with E-state index in [0.29, 0.717) is 6.07 Å². The molecule has 0 amide bonds. The summed E-state index contributed by atoms with van der Waals surface area (Å²) in [5.74, 6) is -2.49. The lowest BCUT2D eigenvalue weighted by Gasteiger charge is -2.28. The number of rotatable bonds is 4.